The van der Waals surface area contributed by atoms with Crippen LogP contribution < -0.4 is 9.46 Å². The van der Waals surface area contributed by atoms with E-state index in [4.69, 9.17) is 27.9 Å². The Bertz CT molecular complexity index is 822. The van der Waals surface area contributed by atoms with Crippen LogP contribution in [0.5, 0.6) is 5.75 Å². The van der Waals surface area contributed by atoms with E-state index in [0.29, 0.717) is 16.3 Å². The van der Waals surface area contributed by atoms with E-state index in [2.05, 4.69) is 4.72 Å². The molecule has 23 heavy (non-hydrogen) atoms. The highest BCUT2D eigenvalue weighted by Crippen LogP contribution is 2.29. The number of aryl methyl sites for hydroxylation is 1. The van der Waals surface area contributed by atoms with Crippen molar-refractivity contribution in [2.24, 2.45) is 0 Å². The molecule has 2 rings (SSSR count). The summed E-state index contributed by atoms with van der Waals surface area (Å²) in [5, 5.41) is 0.515. The van der Waals surface area contributed by atoms with Crippen LogP contribution in [0.2, 0.25) is 10.0 Å². The molecule has 0 spiro atoms. The third kappa shape index (κ3) is 4.18. The average Bonchev–Trinajstić information content (AvgIpc) is 2.50. The third-order valence-electron chi connectivity index (χ3n) is 3.43. The smallest absolute Gasteiger partial charge is 0.242 e. The molecular weight excluding hydrogens is 357 g/mol. The topological polar surface area (TPSA) is 55.4 Å². The summed E-state index contributed by atoms with van der Waals surface area (Å²) in [6.07, 6.45) is 0. The zero-order chi connectivity index (χ0) is 17.2. The van der Waals surface area contributed by atoms with E-state index in [9.17, 15) is 8.42 Å². The first-order valence-electron chi connectivity index (χ1n) is 6.86. The number of hydrogen-bond donors (Lipinski definition) is 1. The van der Waals surface area contributed by atoms with Crippen LogP contribution in [0.4, 0.5) is 0 Å². The Hall–Kier alpha value is -1.27. The second kappa shape index (κ2) is 7.09. The van der Waals surface area contributed by atoms with Crippen LogP contribution in [-0.4, -0.2) is 15.5 Å². The maximum Gasteiger partial charge on any atom is 0.242 e. The molecular formula is C16H17Cl2NO3S. The Balaban J connectivity index is 2.32. The predicted molar refractivity (Wildman–Crippen MR) is 92.9 cm³/mol. The van der Waals surface area contributed by atoms with Gasteiger partial charge >= 0.3 is 0 Å². The molecule has 0 radical (unpaired) electrons. The van der Waals surface area contributed by atoms with Crippen molar-refractivity contribution in [2.45, 2.75) is 24.8 Å². The molecule has 0 bridgehead atoms. The van der Waals surface area contributed by atoms with Crippen molar-refractivity contribution in [1.29, 1.82) is 0 Å². The summed E-state index contributed by atoms with van der Waals surface area (Å²) < 4.78 is 32.9. The van der Waals surface area contributed by atoms with Crippen molar-refractivity contribution in [3.05, 3.63) is 57.6 Å². The van der Waals surface area contributed by atoms with E-state index < -0.39 is 16.1 Å². The van der Waals surface area contributed by atoms with Crippen LogP contribution in [0, 0.1) is 6.92 Å². The molecule has 0 heterocycles. The Morgan fingerprint density at radius 1 is 1.13 bits per heavy atom. The molecule has 1 N–H and O–H groups in total. The number of benzene rings is 2. The number of hydrogen-bond acceptors (Lipinski definition) is 3. The molecule has 4 nitrogen and oxygen atoms in total. The standard InChI is InChI=1S/C16H17Cl2NO3S/c1-10-7-16(15(18)9-14(10)17)23(20,21)19-11(2)12-5-4-6-13(8-12)22-3/h4-9,11,19H,1-3H3. The normalized spacial score (nSPS) is 12.9. The van der Waals surface area contributed by atoms with Gasteiger partial charge in [-0.1, -0.05) is 35.3 Å². The van der Waals surface area contributed by atoms with Gasteiger partial charge in [-0.3, -0.25) is 0 Å². The highest BCUT2D eigenvalue weighted by atomic mass is 35.5. The summed E-state index contributed by atoms with van der Waals surface area (Å²) in [6, 6.07) is 9.66. The first-order valence-corrected chi connectivity index (χ1v) is 9.10. The van der Waals surface area contributed by atoms with Gasteiger partial charge in [0.2, 0.25) is 10.0 Å². The maximum absolute atomic E-state index is 12.6. The fraction of sp³-hybridized carbons (Fsp3) is 0.250. The van der Waals surface area contributed by atoms with Crippen molar-refractivity contribution in [3.8, 4) is 5.75 Å². The SMILES string of the molecule is COc1cccc(C(C)NS(=O)(=O)c2cc(C)c(Cl)cc2Cl)c1. The minimum atomic E-state index is -3.78. The van der Waals surface area contributed by atoms with Gasteiger partial charge in [0.1, 0.15) is 10.6 Å². The fourth-order valence-electron chi connectivity index (χ4n) is 2.11. The summed E-state index contributed by atoms with van der Waals surface area (Å²) in [7, 11) is -2.22. The number of sulfonamides is 1. The highest BCUT2D eigenvalue weighted by Gasteiger charge is 2.22. The van der Waals surface area contributed by atoms with Gasteiger partial charge in [-0.05, 0) is 49.2 Å². The monoisotopic (exact) mass is 373 g/mol. The summed E-state index contributed by atoms with van der Waals surface area (Å²) in [4.78, 5) is 0.0100. The average molecular weight is 374 g/mol. The van der Waals surface area contributed by atoms with Gasteiger partial charge in [-0.2, -0.15) is 0 Å². The second-order valence-corrected chi connectivity index (χ2v) is 7.65. The van der Waals surface area contributed by atoms with E-state index >= 15 is 0 Å². The van der Waals surface area contributed by atoms with Gasteiger partial charge in [0.15, 0.2) is 0 Å². The summed E-state index contributed by atoms with van der Waals surface area (Å²) in [5.41, 5.74) is 1.43. The molecule has 0 aromatic heterocycles. The van der Waals surface area contributed by atoms with Crippen molar-refractivity contribution in [2.75, 3.05) is 7.11 Å². The van der Waals surface area contributed by atoms with Crippen LogP contribution >= 0.6 is 23.2 Å². The van der Waals surface area contributed by atoms with Crippen LogP contribution in [0.3, 0.4) is 0 Å². The third-order valence-corrected chi connectivity index (χ3v) is 5.84. The van der Waals surface area contributed by atoms with Gasteiger partial charge in [0.25, 0.3) is 0 Å². The van der Waals surface area contributed by atoms with Gasteiger partial charge < -0.3 is 4.74 Å². The molecule has 0 saturated carbocycles. The molecule has 1 unspecified atom stereocenters. The molecule has 2 aromatic carbocycles. The number of methoxy groups -OCH3 is 1. The van der Waals surface area contributed by atoms with Gasteiger partial charge in [0, 0.05) is 11.1 Å². The summed E-state index contributed by atoms with van der Waals surface area (Å²) in [5.74, 6) is 0.661. The molecule has 0 aliphatic rings. The van der Waals surface area contributed by atoms with Gasteiger partial charge in [-0.15, -0.1) is 0 Å². The van der Waals surface area contributed by atoms with E-state index in [1.807, 2.05) is 6.07 Å². The lowest BCUT2D eigenvalue weighted by molar-refractivity contribution is 0.413. The molecule has 1 atom stereocenters. The first-order chi connectivity index (χ1) is 10.7. The molecule has 0 fully saturated rings. The zero-order valence-corrected chi connectivity index (χ0v) is 15.3. The molecule has 0 amide bonds. The van der Waals surface area contributed by atoms with Gasteiger partial charge in [0.05, 0.1) is 12.1 Å². The number of halogens is 2. The molecule has 0 aliphatic heterocycles. The number of nitrogens with one attached hydrogen (secondary N) is 1. The molecule has 0 saturated heterocycles. The molecule has 0 aliphatic carbocycles. The number of ether oxygens (including phenoxy) is 1. The van der Waals surface area contributed by atoms with Crippen molar-refractivity contribution in [3.63, 3.8) is 0 Å². The summed E-state index contributed by atoms with van der Waals surface area (Å²) >= 11 is 12.0. The van der Waals surface area contributed by atoms with E-state index in [1.165, 1.54) is 12.1 Å². The Morgan fingerprint density at radius 2 is 1.83 bits per heavy atom. The Labute approximate surface area is 146 Å². The predicted octanol–water partition coefficient (Wildman–Crippen LogP) is 4.35. The van der Waals surface area contributed by atoms with Crippen molar-refractivity contribution in [1.82, 2.24) is 4.72 Å². The van der Waals surface area contributed by atoms with Gasteiger partial charge in [-0.25, -0.2) is 13.1 Å². The fourth-order valence-corrected chi connectivity index (χ4v) is 4.18. The minimum Gasteiger partial charge on any atom is -0.497 e. The minimum absolute atomic E-state index is 0.0100. The number of rotatable bonds is 5. The maximum atomic E-state index is 12.6. The van der Waals surface area contributed by atoms with Crippen LogP contribution in [0.1, 0.15) is 24.1 Å². The highest BCUT2D eigenvalue weighted by molar-refractivity contribution is 7.89. The lowest BCUT2D eigenvalue weighted by Gasteiger charge is -2.16. The van der Waals surface area contributed by atoms with Crippen LogP contribution in [0.25, 0.3) is 0 Å². The lowest BCUT2D eigenvalue weighted by Crippen LogP contribution is -2.27. The van der Waals surface area contributed by atoms with Crippen molar-refractivity contribution < 1.29 is 13.2 Å². The van der Waals surface area contributed by atoms with E-state index in [-0.39, 0.29) is 9.92 Å². The Kier molecular flexibility index (Phi) is 5.57. The molecule has 2 aromatic rings. The van der Waals surface area contributed by atoms with Crippen LogP contribution in [0.15, 0.2) is 41.3 Å². The molecule has 124 valence electrons. The van der Waals surface area contributed by atoms with Crippen LogP contribution in [-0.2, 0) is 10.0 Å². The van der Waals surface area contributed by atoms with E-state index in [0.717, 1.165) is 5.56 Å². The lowest BCUT2D eigenvalue weighted by atomic mass is 10.1. The zero-order valence-electron chi connectivity index (χ0n) is 12.9. The molecule has 7 heteroatoms. The Morgan fingerprint density at radius 3 is 2.48 bits per heavy atom. The quantitative estimate of drug-likeness (QED) is 0.847. The summed E-state index contributed by atoms with van der Waals surface area (Å²) in [6.45, 7) is 3.48. The van der Waals surface area contributed by atoms with Crippen molar-refractivity contribution >= 4 is 33.2 Å². The first kappa shape index (κ1) is 18.1. The second-order valence-electron chi connectivity index (χ2n) is 5.15. The van der Waals surface area contributed by atoms with E-state index in [1.54, 1.807) is 39.2 Å². The largest absolute Gasteiger partial charge is 0.497 e.